The Morgan fingerprint density at radius 2 is 1.67 bits per heavy atom. The minimum Gasteiger partial charge on any atom is -0.493 e. The SMILES string of the molecule is COc1cc(C=NO)ccc1OCCOc1c(Cl)cc(Cl)cc1Cl. The summed E-state index contributed by atoms with van der Waals surface area (Å²) in [5, 5.41) is 12.6. The van der Waals surface area contributed by atoms with E-state index in [-0.39, 0.29) is 13.2 Å². The van der Waals surface area contributed by atoms with E-state index in [1.165, 1.54) is 13.3 Å². The summed E-state index contributed by atoms with van der Waals surface area (Å²) in [5.74, 6) is 1.40. The summed E-state index contributed by atoms with van der Waals surface area (Å²) in [7, 11) is 1.52. The van der Waals surface area contributed by atoms with Gasteiger partial charge in [0, 0.05) is 10.6 Å². The van der Waals surface area contributed by atoms with E-state index < -0.39 is 0 Å². The van der Waals surface area contributed by atoms with E-state index in [4.69, 9.17) is 54.2 Å². The van der Waals surface area contributed by atoms with E-state index in [0.29, 0.717) is 37.9 Å². The van der Waals surface area contributed by atoms with Crippen LogP contribution in [0.1, 0.15) is 5.56 Å². The second kappa shape index (κ2) is 8.87. The maximum atomic E-state index is 8.55. The van der Waals surface area contributed by atoms with Crippen molar-refractivity contribution in [3.05, 3.63) is 51.0 Å². The minimum absolute atomic E-state index is 0.226. The molecule has 0 aliphatic carbocycles. The van der Waals surface area contributed by atoms with Gasteiger partial charge in [0.05, 0.1) is 23.4 Å². The van der Waals surface area contributed by atoms with Gasteiger partial charge in [0.2, 0.25) is 0 Å². The van der Waals surface area contributed by atoms with E-state index in [2.05, 4.69) is 5.16 Å². The molecule has 0 saturated heterocycles. The van der Waals surface area contributed by atoms with Crippen LogP contribution in [0.4, 0.5) is 0 Å². The molecule has 1 N–H and O–H groups in total. The lowest BCUT2D eigenvalue weighted by atomic mass is 10.2. The number of hydrogen-bond donors (Lipinski definition) is 1. The fraction of sp³-hybridized carbons (Fsp3) is 0.188. The number of benzene rings is 2. The van der Waals surface area contributed by atoms with E-state index in [1.807, 2.05) is 0 Å². The fourth-order valence-corrected chi connectivity index (χ4v) is 2.84. The molecule has 128 valence electrons. The van der Waals surface area contributed by atoms with Crippen LogP contribution >= 0.6 is 34.8 Å². The lowest BCUT2D eigenvalue weighted by molar-refractivity contribution is 0.211. The number of halogens is 3. The molecule has 2 aromatic carbocycles. The van der Waals surface area contributed by atoms with Crippen molar-refractivity contribution in [1.29, 1.82) is 0 Å². The molecule has 0 aliphatic rings. The van der Waals surface area contributed by atoms with Crippen LogP contribution in [0.3, 0.4) is 0 Å². The third-order valence-electron chi connectivity index (χ3n) is 2.94. The van der Waals surface area contributed by atoms with E-state index in [9.17, 15) is 0 Å². The molecule has 2 aromatic rings. The van der Waals surface area contributed by atoms with Crippen molar-refractivity contribution in [3.8, 4) is 17.2 Å². The Kier molecular flexibility index (Phi) is 6.85. The summed E-state index contributed by atoms with van der Waals surface area (Å²) in [6, 6.07) is 8.22. The topological polar surface area (TPSA) is 60.3 Å². The molecule has 2 rings (SSSR count). The van der Waals surface area contributed by atoms with E-state index in [1.54, 1.807) is 30.3 Å². The Bertz CT molecular complexity index is 714. The van der Waals surface area contributed by atoms with Gasteiger partial charge in [-0.15, -0.1) is 0 Å². The normalized spacial score (nSPS) is 10.8. The molecule has 0 bridgehead atoms. The summed E-state index contributed by atoms with van der Waals surface area (Å²) in [5.41, 5.74) is 0.678. The standard InChI is InChI=1S/C16H14Cl3NO4/c1-22-15-6-10(9-20-21)2-3-14(15)23-4-5-24-16-12(18)7-11(17)8-13(16)19/h2-3,6-9,21H,4-5H2,1H3. The number of hydrogen-bond acceptors (Lipinski definition) is 5. The van der Waals surface area contributed by atoms with Crippen molar-refractivity contribution in [2.24, 2.45) is 5.16 Å². The van der Waals surface area contributed by atoms with Gasteiger partial charge in [0.1, 0.15) is 13.2 Å². The van der Waals surface area contributed by atoms with E-state index in [0.717, 1.165) is 0 Å². The van der Waals surface area contributed by atoms with Crippen LogP contribution in [0.2, 0.25) is 15.1 Å². The number of oxime groups is 1. The first-order chi connectivity index (χ1) is 11.5. The van der Waals surface area contributed by atoms with Crippen molar-refractivity contribution in [3.63, 3.8) is 0 Å². The minimum atomic E-state index is 0.226. The van der Waals surface area contributed by atoms with Crippen molar-refractivity contribution in [2.45, 2.75) is 0 Å². The van der Waals surface area contributed by atoms with Crippen LogP contribution in [0, 0.1) is 0 Å². The van der Waals surface area contributed by atoms with Crippen molar-refractivity contribution < 1.29 is 19.4 Å². The highest BCUT2D eigenvalue weighted by Crippen LogP contribution is 2.35. The summed E-state index contributed by atoms with van der Waals surface area (Å²) in [4.78, 5) is 0. The highest BCUT2D eigenvalue weighted by molar-refractivity contribution is 6.40. The zero-order valence-corrected chi connectivity index (χ0v) is 14.9. The molecule has 24 heavy (non-hydrogen) atoms. The third kappa shape index (κ3) is 4.84. The second-order valence-corrected chi connectivity index (χ2v) is 5.80. The predicted octanol–water partition coefficient (Wildman–Crippen LogP) is 4.92. The van der Waals surface area contributed by atoms with Crippen molar-refractivity contribution >= 4 is 41.0 Å². The van der Waals surface area contributed by atoms with Gasteiger partial charge in [0.25, 0.3) is 0 Å². The summed E-state index contributed by atoms with van der Waals surface area (Å²) < 4.78 is 16.4. The van der Waals surface area contributed by atoms with Gasteiger partial charge in [-0.3, -0.25) is 0 Å². The highest BCUT2D eigenvalue weighted by atomic mass is 35.5. The van der Waals surface area contributed by atoms with Crippen LogP contribution in [-0.2, 0) is 0 Å². The van der Waals surface area contributed by atoms with Crippen LogP contribution < -0.4 is 14.2 Å². The predicted molar refractivity (Wildman–Crippen MR) is 94.8 cm³/mol. The molecule has 0 aliphatic heterocycles. The lowest BCUT2D eigenvalue weighted by Gasteiger charge is -2.13. The van der Waals surface area contributed by atoms with Crippen molar-refractivity contribution in [2.75, 3.05) is 20.3 Å². The van der Waals surface area contributed by atoms with Crippen molar-refractivity contribution in [1.82, 2.24) is 0 Å². The average molecular weight is 391 g/mol. The van der Waals surface area contributed by atoms with Crippen LogP contribution in [0.5, 0.6) is 17.2 Å². The molecular weight excluding hydrogens is 377 g/mol. The molecule has 0 spiro atoms. The van der Waals surface area contributed by atoms with Gasteiger partial charge in [0.15, 0.2) is 17.2 Å². The monoisotopic (exact) mass is 389 g/mol. The Labute approximate surface area is 154 Å². The Morgan fingerprint density at radius 3 is 2.29 bits per heavy atom. The maximum absolute atomic E-state index is 8.55. The summed E-state index contributed by atoms with van der Waals surface area (Å²) >= 11 is 17.9. The first-order valence-corrected chi connectivity index (χ1v) is 7.94. The zero-order chi connectivity index (χ0) is 17.5. The van der Waals surface area contributed by atoms with Gasteiger partial charge in [-0.25, -0.2) is 0 Å². The van der Waals surface area contributed by atoms with Gasteiger partial charge in [-0.1, -0.05) is 40.0 Å². The Hall–Kier alpha value is -1.82. The smallest absolute Gasteiger partial charge is 0.161 e. The molecule has 0 amide bonds. The van der Waals surface area contributed by atoms with Gasteiger partial charge >= 0.3 is 0 Å². The molecule has 5 nitrogen and oxygen atoms in total. The first-order valence-electron chi connectivity index (χ1n) is 6.80. The highest BCUT2D eigenvalue weighted by Gasteiger charge is 2.10. The first kappa shape index (κ1) is 18.5. The lowest BCUT2D eigenvalue weighted by Crippen LogP contribution is -2.10. The molecule has 0 fully saturated rings. The van der Waals surface area contributed by atoms with Crippen LogP contribution in [-0.4, -0.2) is 31.7 Å². The van der Waals surface area contributed by atoms with Crippen LogP contribution in [0.15, 0.2) is 35.5 Å². The van der Waals surface area contributed by atoms with Gasteiger partial charge in [-0.05, 0) is 30.3 Å². The number of nitrogens with zero attached hydrogens (tertiary/aromatic N) is 1. The molecule has 0 saturated carbocycles. The van der Waals surface area contributed by atoms with Crippen LogP contribution in [0.25, 0.3) is 0 Å². The average Bonchev–Trinajstić information content (AvgIpc) is 2.54. The molecule has 0 unspecified atom stereocenters. The second-order valence-electron chi connectivity index (χ2n) is 4.55. The summed E-state index contributed by atoms with van der Waals surface area (Å²) in [6.45, 7) is 0.475. The summed E-state index contributed by atoms with van der Waals surface area (Å²) in [6.07, 6.45) is 1.29. The molecule has 8 heteroatoms. The zero-order valence-electron chi connectivity index (χ0n) is 12.6. The van der Waals surface area contributed by atoms with Gasteiger partial charge < -0.3 is 19.4 Å². The fourth-order valence-electron chi connectivity index (χ4n) is 1.91. The molecular formula is C16H14Cl3NO4. The number of methoxy groups -OCH3 is 1. The molecule has 0 aromatic heterocycles. The molecule has 0 atom stereocenters. The number of rotatable bonds is 7. The Balaban J connectivity index is 1.95. The maximum Gasteiger partial charge on any atom is 0.161 e. The molecule has 0 radical (unpaired) electrons. The molecule has 0 heterocycles. The Morgan fingerprint density at radius 1 is 1.00 bits per heavy atom. The quantitative estimate of drug-likeness (QED) is 0.315. The largest absolute Gasteiger partial charge is 0.493 e. The number of ether oxygens (including phenoxy) is 3. The van der Waals surface area contributed by atoms with Gasteiger partial charge in [-0.2, -0.15) is 0 Å². The van der Waals surface area contributed by atoms with E-state index >= 15 is 0 Å². The third-order valence-corrected chi connectivity index (χ3v) is 3.72.